The molecule has 94 valence electrons. The number of hydrogen-bond donors (Lipinski definition) is 4. The van der Waals surface area contributed by atoms with E-state index in [1.54, 1.807) is 0 Å². The molecule has 1 aliphatic heterocycles. The summed E-state index contributed by atoms with van der Waals surface area (Å²) in [5, 5.41) is 28.2. The fourth-order valence-electron chi connectivity index (χ4n) is 1.75. The molecule has 2 heterocycles. The molecule has 8 nitrogen and oxygen atoms in total. The van der Waals surface area contributed by atoms with Crippen LogP contribution in [-0.2, 0) is 4.74 Å². The van der Waals surface area contributed by atoms with E-state index in [-0.39, 0.29) is 5.95 Å². The monoisotopic (exact) mass is 243 g/mol. The van der Waals surface area contributed by atoms with Gasteiger partial charge in [0.25, 0.3) is 5.56 Å². The maximum absolute atomic E-state index is 10.9. The van der Waals surface area contributed by atoms with Crippen LogP contribution in [-0.4, -0.2) is 49.8 Å². The number of nitrogens with two attached hydrogens (primary N) is 1. The average Bonchev–Trinajstić information content (AvgIpc) is 2.57. The summed E-state index contributed by atoms with van der Waals surface area (Å²) in [7, 11) is 0. The molecule has 1 saturated heterocycles. The number of hydrogen-bond acceptors (Lipinski definition) is 7. The minimum atomic E-state index is -1.25. The molecular formula is C9H13N3O5. The zero-order valence-electron chi connectivity index (χ0n) is 8.80. The predicted molar refractivity (Wildman–Crippen MR) is 55.9 cm³/mol. The van der Waals surface area contributed by atoms with Crippen LogP contribution >= 0.6 is 0 Å². The highest BCUT2D eigenvalue weighted by Crippen LogP contribution is 2.29. The molecule has 8 heteroatoms. The molecule has 0 aromatic carbocycles. The molecule has 0 radical (unpaired) electrons. The van der Waals surface area contributed by atoms with Gasteiger partial charge in [-0.15, -0.1) is 0 Å². The van der Waals surface area contributed by atoms with Gasteiger partial charge in [0, 0.05) is 12.3 Å². The van der Waals surface area contributed by atoms with Crippen molar-refractivity contribution in [3.63, 3.8) is 0 Å². The van der Waals surface area contributed by atoms with E-state index in [1.165, 1.54) is 10.8 Å². The highest BCUT2D eigenvalue weighted by Gasteiger charge is 2.43. The fourth-order valence-corrected chi connectivity index (χ4v) is 1.75. The Balaban J connectivity index is 2.32. The number of anilines is 1. The maximum atomic E-state index is 10.9. The van der Waals surface area contributed by atoms with E-state index in [0.29, 0.717) is 0 Å². The lowest BCUT2D eigenvalue weighted by Gasteiger charge is -2.19. The minimum Gasteiger partial charge on any atom is -0.394 e. The Bertz CT molecular complexity index is 462. The smallest absolute Gasteiger partial charge is 0.274 e. The van der Waals surface area contributed by atoms with Crippen molar-refractivity contribution in [2.24, 2.45) is 0 Å². The predicted octanol–water partition coefficient (Wildman–Crippen LogP) is -2.56. The molecule has 0 amide bonds. The van der Waals surface area contributed by atoms with E-state index in [2.05, 4.69) is 4.98 Å². The van der Waals surface area contributed by atoms with Crippen LogP contribution in [0, 0.1) is 0 Å². The van der Waals surface area contributed by atoms with Gasteiger partial charge >= 0.3 is 0 Å². The Hall–Kier alpha value is -1.48. The molecule has 2 rings (SSSR count). The first-order valence-electron chi connectivity index (χ1n) is 5.01. The summed E-state index contributed by atoms with van der Waals surface area (Å²) in [5.74, 6) is -0.132. The molecule has 0 bridgehead atoms. The summed E-state index contributed by atoms with van der Waals surface area (Å²) in [4.78, 5) is 14.4. The molecular weight excluding hydrogens is 230 g/mol. The van der Waals surface area contributed by atoms with E-state index in [1.807, 2.05) is 0 Å². The molecule has 4 atom stereocenters. The highest BCUT2D eigenvalue weighted by molar-refractivity contribution is 5.17. The number of aliphatic hydroxyl groups is 3. The Labute approximate surface area is 95.9 Å². The first-order valence-corrected chi connectivity index (χ1v) is 5.01. The van der Waals surface area contributed by atoms with E-state index >= 15 is 0 Å². The fraction of sp³-hybridized carbons (Fsp3) is 0.556. The van der Waals surface area contributed by atoms with Crippen molar-refractivity contribution in [1.82, 2.24) is 9.55 Å². The summed E-state index contributed by atoms with van der Waals surface area (Å²) in [6, 6.07) is 1.16. The van der Waals surface area contributed by atoms with Crippen molar-refractivity contribution in [3.8, 4) is 0 Å². The van der Waals surface area contributed by atoms with E-state index in [9.17, 15) is 15.0 Å². The summed E-state index contributed by atoms with van der Waals surface area (Å²) >= 11 is 0. The van der Waals surface area contributed by atoms with Gasteiger partial charge < -0.3 is 25.8 Å². The zero-order valence-corrected chi connectivity index (χ0v) is 8.80. The Kier molecular flexibility index (Phi) is 3.11. The van der Waals surface area contributed by atoms with Gasteiger partial charge in [0.05, 0.1) is 6.61 Å². The lowest BCUT2D eigenvalue weighted by Crippen LogP contribution is -2.33. The van der Waals surface area contributed by atoms with Gasteiger partial charge in [-0.05, 0) is 0 Å². The van der Waals surface area contributed by atoms with Crippen molar-refractivity contribution < 1.29 is 20.1 Å². The number of ether oxygens (including phenoxy) is 1. The quantitative estimate of drug-likeness (QED) is 0.449. The van der Waals surface area contributed by atoms with Crippen molar-refractivity contribution >= 4 is 5.95 Å². The first-order chi connectivity index (χ1) is 8.04. The molecule has 1 aromatic heterocycles. The standard InChI is InChI=1S/C9H13N3O5/c10-9-11-5(14)1-2-12(9)8-7(16)6(15)4(3-13)17-8/h1-2,4,6-8,13,15-16H,3H2,(H2,10,11,14)/t4-,6+,7-,8-/m1/s1. The van der Waals surface area contributed by atoms with Gasteiger partial charge in [-0.25, -0.2) is 0 Å². The second-order valence-corrected chi connectivity index (χ2v) is 3.76. The molecule has 1 fully saturated rings. The molecule has 17 heavy (non-hydrogen) atoms. The normalized spacial score (nSPS) is 32.9. The molecule has 1 aromatic rings. The number of nitrogen functional groups attached to an aromatic ring is 1. The van der Waals surface area contributed by atoms with Crippen molar-refractivity contribution in [1.29, 1.82) is 0 Å². The highest BCUT2D eigenvalue weighted by atomic mass is 16.6. The minimum absolute atomic E-state index is 0.132. The van der Waals surface area contributed by atoms with E-state index < -0.39 is 36.7 Å². The first kappa shape index (κ1) is 12.0. The molecule has 5 N–H and O–H groups in total. The summed E-state index contributed by atoms with van der Waals surface area (Å²) in [6.07, 6.45) is -3.03. The third kappa shape index (κ3) is 2.03. The molecule has 1 aliphatic rings. The van der Waals surface area contributed by atoms with Gasteiger partial charge in [-0.3, -0.25) is 9.36 Å². The Morgan fingerprint density at radius 3 is 2.71 bits per heavy atom. The summed E-state index contributed by atoms with van der Waals surface area (Å²) in [6.45, 7) is -0.428. The molecule has 0 unspecified atom stereocenters. The van der Waals surface area contributed by atoms with Gasteiger partial charge in [0.2, 0.25) is 5.95 Å². The van der Waals surface area contributed by atoms with Gasteiger partial charge in [-0.2, -0.15) is 4.98 Å². The third-order valence-corrected chi connectivity index (χ3v) is 2.66. The topological polar surface area (TPSA) is 131 Å². The summed E-state index contributed by atoms with van der Waals surface area (Å²) in [5.41, 5.74) is 5.00. The van der Waals surface area contributed by atoms with Gasteiger partial charge in [0.15, 0.2) is 6.23 Å². The van der Waals surface area contributed by atoms with Crippen LogP contribution in [0.3, 0.4) is 0 Å². The van der Waals surface area contributed by atoms with Crippen molar-refractivity contribution in [2.75, 3.05) is 12.3 Å². The second-order valence-electron chi connectivity index (χ2n) is 3.76. The van der Waals surface area contributed by atoms with E-state index in [4.69, 9.17) is 15.6 Å². The Morgan fingerprint density at radius 1 is 1.47 bits per heavy atom. The average molecular weight is 243 g/mol. The Morgan fingerprint density at radius 2 is 2.18 bits per heavy atom. The van der Waals surface area contributed by atoms with Crippen molar-refractivity contribution in [2.45, 2.75) is 24.5 Å². The molecule has 0 aliphatic carbocycles. The van der Waals surface area contributed by atoms with Crippen LogP contribution in [0.25, 0.3) is 0 Å². The lowest BCUT2D eigenvalue weighted by atomic mass is 10.1. The number of nitrogens with zero attached hydrogens (tertiary/aromatic N) is 2. The van der Waals surface area contributed by atoms with Crippen molar-refractivity contribution in [3.05, 3.63) is 22.6 Å². The zero-order chi connectivity index (χ0) is 12.6. The van der Waals surface area contributed by atoms with Crippen LogP contribution in [0.4, 0.5) is 5.95 Å². The van der Waals surface area contributed by atoms with Crippen LogP contribution in [0.5, 0.6) is 0 Å². The van der Waals surface area contributed by atoms with Crippen LogP contribution in [0.15, 0.2) is 17.1 Å². The SMILES string of the molecule is Nc1nc(=O)ccn1[C@@H]1O[C@H](CO)[C@H](O)[C@H]1O. The van der Waals surface area contributed by atoms with Gasteiger partial charge in [-0.1, -0.05) is 0 Å². The summed E-state index contributed by atoms with van der Waals surface area (Å²) < 4.78 is 6.46. The number of aliphatic hydroxyl groups excluding tert-OH is 3. The largest absolute Gasteiger partial charge is 0.394 e. The lowest BCUT2D eigenvalue weighted by molar-refractivity contribution is -0.0523. The van der Waals surface area contributed by atoms with E-state index in [0.717, 1.165) is 6.07 Å². The number of rotatable bonds is 2. The number of aromatic nitrogens is 2. The molecule has 0 spiro atoms. The van der Waals surface area contributed by atoms with Crippen LogP contribution < -0.4 is 11.3 Å². The maximum Gasteiger partial charge on any atom is 0.274 e. The molecule has 0 saturated carbocycles. The van der Waals surface area contributed by atoms with Crippen LogP contribution in [0.2, 0.25) is 0 Å². The third-order valence-electron chi connectivity index (χ3n) is 2.66. The van der Waals surface area contributed by atoms with Gasteiger partial charge in [0.1, 0.15) is 18.3 Å². The van der Waals surface area contributed by atoms with Crippen LogP contribution in [0.1, 0.15) is 6.23 Å². The second kappa shape index (κ2) is 4.41.